The van der Waals surface area contributed by atoms with Crippen LogP contribution in [0.4, 0.5) is 0 Å². The van der Waals surface area contributed by atoms with E-state index in [2.05, 4.69) is 5.32 Å². The molecule has 1 aromatic carbocycles. The number of likely N-dealkylation sites (N-methyl/N-ethyl adjacent to an activating group) is 1. The van der Waals surface area contributed by atoms with Crippen molar-refractivity contribution in [1.82, 2.24) is 9.88 Å². The zero-order valence-corrected chi connectivity index (χ0v) is 11.7. The number of benzene rings is 1. The summed E-state index contributed by atoms with van der Waals surface area (Å²) < 4.78 is 13.1. The second-order valence-corrected chi connectivity index (χ2v) is 4.87. The number of hydrogen-bond donors (Lipinski definition) is 1. The Labute approximate surface area is 117 Å². The molecule has 0 spiro atoms. The molecule has 0 unspecified atom stereocenters. The minimum Gasteiger partial charge on any atom is -0.486 e. The van der Waals surface area contributed by atoms with Gasteiger partial charge in [0, 0.05) is 30.3 Å². The molecule has 1 aliphatic heterocycles. The topological polar surface area (TPSA) is 52.5 Å². The van der Waals surface area contributed by atoms with Crippen LogP contribution in [-0.2, 0) is 7.05 Å². The maximum absolute atomic E-state index is 12.3. The van der Waals surface area contributed by atoms with Crippen LogP contribution in [0, 0.1) is 0 Å². The van der Waals surface area contributed by atoms with Crippen LogP contribution in [0.3, 0.4) is 0 Å². The molecule has 0 saturated carbocycles. The van der Waals surface area contributed by atoms with Crippen molar-refractivity contribution in [3.05, 3.63) is 23.9 Å². The number of ether oxygens (including phenoxy) is 2. The standard InChI is InChI=1S/C15H18N2O3/c1-3-16-8-13(18)11-9-17(2)12-7-15-14(6-10(11)12)19-4-5-20-15/h6-7,9,16H,3-5,8H2,1-2H3. The molecule has 0 saturated heterocycles. The first-order chi connectivity index (χ1) is 9.70. The molecule has 0 amide bonds. The van der Waals surface area contributed by atoms with Crippen molar-refractivity contribution in [2.24, 2.45) is 7.05 Å². The highest BCUT2D eigenvalue weighted by molar-refractivity contribution is 6.09. The minimum atomic E-state index is 0.0918. The molecule has 0 radical (unpaired) electrons. The van der Waals surface area contributed by atoms with Crippen LogP contribution in [0.2, 0.25) is 0 Å². The second-order valence-electron chi connectivity index (χ2n) is 4.87. The molecule has 1 N–H and O–H groups in total. The van der Waals surface area contributed by atoms with Gasteiger partial charge in [0.05, 0.1) is 12.1 Å². The molecule has 5 heteroatoms. The van der Waals surface area contributed by atoms with Crippen LogP contribution in [0.5, 0.6) is 11.5 Å². The number of Topliss-reactive ketones (excluding diaryl/α,β-unsaturated/α-hetero) is 1. The summed E-state index contributed by atoms with van der Waals surface area (Å²) in [6, 6.07) is 3.84. The summed E-state index contributed by atoms with van der Waals surface area (Å²) in [6.45, 7) is 4.23. The molecule has 2 aromatic rings. The molecule has 1 aliphatic rings. The van der Waals surface area contributed by atoms with E-state index in [1.54, 1.807) is 0 Å². The SMILES string of the molecule is CCNCC(=O)c1cn(C)c2cc3c(cc12)OCCO3. The lowest BCUT2D eigenvalue weighted by Gasteiger charge is -2.18. The summed E-state index contributed by atoms with van der Waals surface area (Å²) in [5.41, 5.74) is 1.70. The zero-order chi connectivity index (χ0) is 14.1. The van der Waals surface area contributed by atoms with Gasteiger partial charge in [-0.3, -0.25) is 4.79 Å². The summed E-state index contributed by atoms with van der Waals surface area (Å²) in [5, 5.41) is 3.98. The normalized spacial score (nSPS) is 13.7. The lowest BCUT2D eigenvalue weighted by molar-refractivity contribution is 0.0993. The van der Waals surface area contributed by atoms with Gasteiger partial charge in [-0.25, -0.2) is 0 Å². The van der Waals surface area contributed by atoms with E-state index in [4.69, 9.17) is 9.47 Å². The molecule has 1 aromatic heterocycles. The van der Waals surface area contributed by atoms with Crippen molar-refractivity contribution in [2.45, 2.75) is 6.92 Å². The monoisotopic (exact) mass is 274 g/mol. The summed E-state index contributed by atoms with van der Waals surface area (Å²) >= 11 is 0. The highest BCUT2D eigenvalue weighted by Crippen LogP contribution is 2.36. The lowest BCUT2D eigenvalue weighted by Crippen LogP contribution is -2.22. The molecule has 0 fully saturated rings. The van der Waals surface area contributed by atoms with E-state index in [-0.39, 0.29) is 5.78 Å². The van der Waals surface area contributed by atoms with Crippen molar-refractivity contribution in [2.75, 3.05) is 26.3 Å². The highest BCUT2D eigenvalue weighted by Gasteiger charge is 2.19. The first-order valence-corrected chi connectivity index (χ1v) is 6.83. The average Bonchev–Trinajstić information content (AvgIpc) is 2.79. The van der Waals surface area contributed by atoms with E-state index < -0.39 is 0 Å². The van der Waals surface area contributed by atoms with Crippen molar-refractivity contribution in [3.63, 3.8) is 0 Å². The third-order valence-corrected chi connectivity index (χ3v) is 3.49. The fourth-order valence-corrected chi connectivity index (χ4v) is 2.47. The molecule has 3 rings (SSSR count). The Morgan fingerprint density at radius 1 is 1.30 bits per heavy atom. The number of carbonyl (C=O) groups is 1. The molecule has 20 heavy (non-hydrogen) atoms. The molecule has 0 bridgehead atoms. The molecule has 0 atom stereocenters. The Morgan fingerprint density at radius 2 is 2.00 bits per heavy atom. The predicted molar refractivity (Wildman–Crippen MR) is 76.8 cm³/mol. The molecule has 5 nitrogen and oxygen atoms in total. The van der Waals surface area contributed by atoms with E-state index in [9.17, 15) is 4.79 Å². The van der Waals surface area contributed by atoms with Crippen LogP contribution < -0.4 is 14.8 Å². The van der Waals surface area contributed by atoms with E-state index in [0.29, 0.717) is 25.5 Å². The van der Waals surface area contributed by atoms with Crippen LogP contribution >= 0.6 is 0 Å². The zero-order valence-electron chi connectivity index (χ0n) is 11.7. The lowest BCUT2D eigenvalue weighted by atomic mass is 10.1. The van der Waals surface area contributed by atoms with Crippen LogP contribution in [0.25, 0.3) is 10.9 Å². The largest absolute Gasteiger partial charge is 0.486 e. The fourth-order valence-electron chi connectivity index (χ4n) is 2.47. The predicted octanol–water partition coefficient (Wildman–Crippen LogP) is 1.74. The maximum Gasteiger partial charge on any atom is 0.178 e. The Bertz CT molecular complexity index is 661. The van der Waals surface area contributed by atoms with Crippen molar-refractivity contribution in [1.29, 1.82) is 0 Å². The number of aromatic nitrogens is 1. The van der Waals surface area contributed by atoms with Crippen LogP contribution in [0.1, 0.15) is 17.3 Å². The van der Waals surface area contributed by atoms with Crippen LogP contribution in [-0.4, -0.2) is 36.7 Å². The first-order valence-electron chi connectivity index (χ1n) is 6.83. The highest BCUT2D eigenvalue weighted by atomic mass is 16.6. The van der Waals surface area contributed by atoms with Crippen molar-refractivity contribution in [3.8, 4) is 11.5 Å². The third kappa shape index (κ3) is 2.14. The maximum atomic E-state index is 12.3. The van der Waals surface area contributed by atoms with E-state index in [1.165, 1.54) is 0 Å². The second kappa shape index (κ2) is 5.17. The number of aryl methyl sites for hydroxylation is 1. The summed E-state index contributed by atoms with van der Waals surface area (Å²) in [5.74, 6) is 1.55. The van der Waals surface area contributed by atoms with Gasteiger partial charge in [0.1, 0.15) is 13.2 Å². The van der Waals surface area contributed by atoms with Crippen molar-refractivity contribution >= 4 is 16.7 Å². The summed E-state index contributed by atoms with van der Waals surface area (Å²) in [7, 11) is 1.93. The molecule has 106 valence electrons. The van der Waals surface area contributed by atoms with E-state index in [1.807, 2.05) is 36.9 Å². The number of hydrogen-bond acceptors (Lipinski definition) is 4. The van der Waals surface area contributed by atoms with Gasteiger partial charge in [0.2, 0.25) is 0 Å². The smallest absolute Gasteiger partial charge is 0.178 e. The Hall–Kier alpha value is -2.01. The van der Waals surface area contributed by atoms with Gasteiger partial charge >= 0.3 is 0 Å². The third-order valence-electron chi connectivity index (χ3n) is 3.49. The average molecular weight is 274 g/mol. The number of carbonyl (C=O) groups excluding carboxylic acids is 1. The van der Waals surface area contributed by atoms with E-state index in [0.717, 1.165) is 28.8 Å². The first kappa shape index (κ1) is 13.0. The van der Waals surface area contributed by atoms with Gasteiger partial charge in [0.25, 0.3) is 0 Å². The molecular weight excluding hydrogens is 256 g/mol. The van der Waals surface area contributed by atoms with Gasteiger partial charge in [-0.1, -0.05) is 6.92 Å². The van der Waals surface area contributed by atoms with Crippen molar-refractivity contribution < 1.29 is 14.3 Å². The Balaban J connectivity index is 2.07. The van der Waals surface area contributed by atoms with E-state index >= 15 is 0 Å². The summed E-state index contributed by atoms with van der Waals surface area (Å²) in [6.07, 6.45) is 1.87. The van der Waals surface area contributed by atoms with Crippen LogP contribution in [0.15, 0.2) is 18.3 Å². The summed E-state index contributed by atoms with van der Waals surface area (Å²) in [4.78, 5) is 12.3. The minimum absolute atomic E-state index is 0.0918. The Morgan fingerprint density at radius 3 is 2.70 bits per heavy atom. The van der Waals surface area contributed by atoms with Gasteiger partial charge < -0.3 is 19.4 Å². The fraction of sp³-hybridized carbons (Fsp3) is 0.400. The van der Waals surface area contributed by atoms with Gasteiger partial charge in [0.15, 0.2) is 17.3 Å². The molecule has 2 heterocycles. The molecule has 0 aliphatic carbocycles. The number of fused-ring (bicyclic) bond motifs is 2. The van der Waals surface area contributed by atoms with Gasteiger partial charge in [-0.05, 0) is 12.6 Å². The van der Waals surface area contributed by atoms with Gasteiger partial charge in [-0.2, -0.15) is 0 Å². The molecular formula is C15H18N2O3. The number of nitrogens with zero attached hydrogens (tertiary/aromatic N) is 1. The van der Waals surface area contributed by atoms with Gasteiger partial charge in [-0.15, -0.1) is 0 Å². The number of ketones is 1. The quantitative estimate of drug-likeness (QED) is 0.863. The Kier molecular flexibility index (Phi) is 3.36. The number of rotatable bonds is 4. The number of nitrogens with one attached hydrogen (secondary N) is 1.